The van der Waals surface area contributed by atoms with Gasteiger partial charge in [0.25, 0.3) is 5.91 Å². The van der Waals surface area contributed by atoms with E-state index in [-0.39, 0.29) is 12.4 Å². The number of benzene rings is 1. The van der Waals surface area contributed by atoms with Gasteiger partial charge in [-0.25, -0.2) is 5.43 Å². The third-order valence-electron chi connectivity index (χ3n) is 2.82. The minimum atomic E-state index is -0.624. The molecule has 0 fully saturated rings. The van der Waals surface area contributed by atoms with Crippen molar-refractivity contribution in [2.45, 2.75) is 13.5 Å². The number of aromatic nitrogens is 2. The van der Waals surface area contributed by atoms with Crippen molar-refractivity contribution in [3.8, 4) is 0 Å². The second-order valence-electron chi connectivity index (χ2n) is 4.49. The Kier molecular flexibility index (Phi) is 5.30. The fourth-order valence-electron chi connectivity index (χ4n) is 1.71. The second-order valence-corrected chi connectivity index (χ2v) is 5.28. The van der Waals surface area contributed by atoms with Crippen molar-refractivity contribution in [3.63, 3.8) is 0 Å². The molecule has 2 aromatic rings. The topological polar surface area (TPSA) is 102 Å². The lowest BCUT2D eigenvalue weighted by Gasteiger charge is -2.01. The quantitative estimate of drug-likeness (QED) is 0.505. The van der Waals surface area contributed by atoms with Crippen molar-refractivity contribution >= 4 is 41.1 Å². The zero-order chi connectivity index (χ0) is 17.0. The van der Waals surface area contributed by atoms with E-state index in [0.717, 1.165) is 0 Å². The molecule has 10 heteroatoms. The van der Waals surface area contributed by atoms with Gasteiger partial charge in [-0.05, 0) is 17.9 Å². The first-order valence-electron chi connectivity index (χ1n) is 6.33. The Hall–Kier alpha value is -2.45. The molecule has 1 heterocycles. The monoisotopic (exact) mass is 355 g/mol. The number of carbonyl (C=O) groups is 1. The summed E-state index contributed by atoms with van der Waals surface area (Å²) < 4.78 is 1.22. The Bertz CT molecular complexity index is 788. The van der Waals surface area contributed by atoms with Gasteiger partial charge in [0, 0.05) is 5.56 Å². The Morgan fingerprint density at radius 2 is 2.26 bits per heavy atom. The summed E-state index contributed by atoms with van der Waals surface area (Å²) in [5.74, 6) is -0.801. The summed E-state index contributed by atoms with van der Waals surface area (Å²) in [5, 5.41) is 18.8. The molecule has 0 saturated carbocycles. The van der Waals surface area contributed by atoms with E-state index in [1.54, 1.807) is 25.1 Å². The fourth-order valence-corrected chi connectivity index (χ4v) is 2.06. The zero-order valence-electron chi connectivity index (χ0n) is 11.9. The Balaban J connectivity index is 1.99. The number of carbonyl (C=O) groups excluding carboxylic acids is 1. The SMILES string of the molecule is Cc1cc([N+](=O)[O-])nn1CC(=O)NN=Cc1cccc(Cl)c1Cl. The molecule has 1 N–H and O–H groups in total. The number of aryl methyl sites for hydroxylation is 1. The molecule has 0 bridgehead atoms. The first-order chi connectivity index (χ1) is 10.9. The first kappa shape index (κ1) is 16.9. The maximum absolute atomic E-state index is 11.8. The minimum absolute atomic E-state index is 0.194. The maximum Gasteiger partial charge on any atom is 0.390 e. The average molecular weight is 356 g/mol. The van der Waals surface area contributed by atoms with Gasteiger partial charge in [-0.2, -0.15) is 9.78 Å². The van der Waals surface area contributed by atoms with Gasteiger partial charge in [-0.15, -0.1) is 0 Å². The van der Waals surface area contributed by atoms with Gasteiger partial charge >= 0.3 is 5.82 Å². The summed E-state index contributed by atoms with van der Waals surface area (Å²) in [6.07, 6.45) is 1.35. The van der Waals surface area contributed by atoms with Crippen LogP contribution in [0.2, 0.25) is 10.0 Å². The van der Waals surface area contributed by atoms with Crippen LogP contribution in [-0.2, 0) is 11.3 Å². The highest BCUT2D eigenvalue weighted by Gasteiger charge is 2.17. The number of hydrogen-bond donors (Lipinski definition) is 1. The van der Waals surface area contributed by atoms with Crippen LogP contribution in [0.3, 0.4) is 0 Å². The van der Waals surface area contributed by atoms with Gasteiger partial charge in [-0.3, -0.25) is 4.79 Å². The van der Waals surface area contributed by atoms with E-state index in [9.17, 15) is 14.9 Å². The summed E-state index contributed by atoms with van der Waals surface area (Å²) in [6, 6.07) is 6.30. The summed E-state index contributed by atoms with van der Waals surface area (Å²) >= 11 is 11.8. The molecule has 0 spiro atoms. The molecule has 1 aromatic carbocycles. The Labute approximate surface area is 140 Å². The van der Waals surface area contributed by atoms with Crippen molar-refractivity contribution < 1.29 is 9.72 Å². The van der Waals surface area contributed by atoms with Crippen LogP contribution < -0.4 is 5.43 Å². The standard InChI is InChI=1S/C13H11Cl2N5O3/c1-8-5-11(20(22)23)18-19(8)7-12(21)17-16-6-9-3-2-4-10(14)13(9)15/h2-6H,7H2,1H3,(H,17,21). The van der Waals surface area contributed by atoms with Gasteiger partial charge in [-0.1, -0.05) is 35.3 Å². The molecular formula is C13H11Cl2N5O3. The van der Waals surface area contributed by atoms with E-state index in [1.807, 2.05) is 0 Å². The molecule has 120 valence electrons. The van der Waals surface area contributed by atoms with Crippen LogP contribution in [0, 0.1) is 17.0 Å². The molecule has 0 aliphatic rings. The molecule has 0 aliphatic carbocycles. The zero-order valence-corrected chi connectivity index (χ0v) is 13.4. The van der Waals surface area contributed by atoms with Crippen molar-refractivity contribution in [2.75, 3.05) is 0 Å². The molecular weight excluding hydrogens is 345 g/mol. The number of hydrazone groups is 1. The smallest absolute Gasteiger partial charge is 0.358 e. The molecule has 1 aromatic heterocycles. The van der Waals surface area contributed by atoms with E-state index in [1.165, 1.54) is 17.0 Å². The third kappa shape index (κ3) is 4.27. The van der Waals surface area contributed by atoms with Crippen LogP contribution in [0.1, 0.15) is 11.3 Å². The van der Waals surface area contributed by atoms with Gasteiger partial charge in [0.1, 0.15) is 6.54 Å². The lowest BCUT2D eigenvalue weighted by atomic mass is 10.2. The number of nitro groups is 1. The molecule has 0 saturated heterocycles. The van der Waals surface area contributed by atoms with Crippen molar-refractivity contribution in [3.05, 3.63) is 55.7 Å². The van der Waals surface area contributed by atoms with Gasteiger partial charge in [0.15, 0.2) is 0 Å². The number of amides is 1. The van der Waals surface area contributed by atoms with E-state index in [0.29, 0.717) is 21.3 Å². The van der Waals surface area contributed by atoms with E-state index in [4.69, 9.17) is 23.2 Å². The molecule has 23 heavy (non-hydrogen) atoms. The number of rotatable bonds is 5. The Morgan fingerprint density at radius 3 is 2.91 bits per heavy atom. The van der Waals surface area contributed by atoms with Crippen LogP contribution >= 0.6 is 23.2 Å². The third-order valence-corrected chi connectivity index (χ3v) is 3.66. The molecule has 8 nitrogen and oxygen atoms in total. The summed E-state index contributed by atoms with van der Waals surface area (Å²) in [6.45, 7) is 1.42. The van der Waals surface area contributed by atoms with Crippen molar-refractivity contribution in [1.29, 1.82) is 0 Å². The minimum Gasteiger partial charge on any atom is -0.358 e. The highest BCUT2D eigenvalue weighted by atomic mass is 35.5. The highest BCUT2D eigenvalue weighted by Crippen LogP contribution is 2.24. The summed E-state index contributed by atoms with van der Waals surface area (Å²) in [5.41, 5.74) is 3.33. The largest absolute Gasteiger partial charge is 0.390 e. The molecule has 0 atom stereocenters. The van der Waals surface area contributed by atoms with Crippen LogP contribution in [0.4, 0.5) is 5.82 Å². The van der Waals surface area contributed by atoms with E-state index in [2.05, 4.69) is 15.6 Å². The molecule has 0 aliphatic heterocycles. The fraction of sp³-hybridized carbons (Fsp3) is 0.154. The normalized spacial score (nSPS) is 10.9. The summed E-state index contributed by atoms with van der Waals surface area (Å²) in [7, 11) is 0. The van der Waals surface area contributed by atoms with E-state index < -0.39 is 10.8 Å². The van der Waals surface area contributed by atoms with Crippen LogP contribution in [0.5, 0.6) is 0 Å². The number of hydrogen-bond acceptors (Lipinski definition) is 5. The van der Waals surface area contributed by atoms with Crippen LogP contribution in [0.15, 0.2) is 29.4 Å². The lowest BCUT2D eigenvalue weighted by Crippen LogP contribution is -2.24. The van der Waals surface area contributed by atoms with Gasteiger partial charge in [0.05, 0.1) is 33.1 Å². The second kappa shape index (κ2) is 7.21. The average Bonchev–Trinajstić information content (AvgIpc) is 2.85. The molecule has 0 unspecified atom stereocenters. The predicted octanol–water partition coefficient (Wildman–Crippen LogP) is 2.56. The van der Waals surface area contributed by atoms with Crippen molar-refractivity contribution in [1.82, 2.24) is 15.2 Å². The Morgan fingerprint density at radius 1 is 1.52 bits per heavy atom. The number of halogens is 2. The predicted molar refractivity (Wildman–Crippen MR) is 85.8 cm³/mol. The number of nitrogens with one attached hydrogen (secondary N) is 1. The maximum atomic E-state index is 11.8. The van der Waals surface area contributed by atoms with Gasteiger partial charge < -0.3 is 10.1 Å². The first-order valence-corrected chi connectivity index (χ1v) is 7.09. The lowest BCUT2D eigenvalue weighted by molar-refractivity contribution is -0.389. The summed E-state index contributed by atoms with van der Waals surface area (Å²) in [4.78, 5) is 21.8. The number of nitrogens with zero attached hydrogens (tertiary/aromatic N) is 4. The molecule has 1 amide bonds. The van der Waals surface area contributed by atoms with E-state index >= 15 is 0 Å². The molecule has 2 rings (SSSR count). The van der Waals surface area contributed by atoms with Crippen LogP contribution in [-0.4, -0.2) is 26.8 Å². The van der Waals surface area contributed by atoms with Crippen LogP contribution in [0.25, 0.3) is 0 Å². The highest BCUT2D eigenvalue weighted by molar-refractivity contribution is 6.43. The molecule has 0 radical (unpaired) electrons. The van der Waals surface area contributed by atoms with Crippen molar-refractivity contribution in [2.24, 2.45) is 5.10 Å². The van der Waals surface area contributed by atoms with Gasteiger partial charge in [0.2, 0.25) is 0 Å².